The van der Waals surface area contributed by atoms with E-state index in [0.29, 0.717) is 18.1 Å². The van der Waals surface area contributed by atoms with E-state index < -0.39 is 0 Å². The molecular formula is C15H18ClN3OS. The monoisotopic (exact) mass is 323 g/mol. The minimum absolute atomic E-state index is 0.0256. The Kier molecular flexibility index (Phi) is 5.73. The zero-order valence-electron chi connectivity index (χ0n) is 12.1. The van der Waals surface area contributed by atoms with Crippen LogP contribution in [0.4, 0.5) is 5.13 Å². The van der Waals surface area contributed by atoms with Crippen LogP contribution < -0.4 is 10.6 Å². The van der Waals surface area contributed by atoms with Crippen LogP contribution in [0.2, 0.25) is 5.02 Å². The first-order valence-corrected chi connectivity index (χ1v) is 7.93. The predicted octanol–water partition coefficient (Wildman–Crippen LogP) is 3.24. The topological polar surface area (TPSA) is 54.0 Å². The smallest absolute Gasteiger partial charge is 0.227 e. The van der Waals surface area contributed by atoms with E-state index in [1.165, 1.54) is 11.3 Å². The summed E-state index contributed by atoms with van der Waals surface area (Å²) in [6.07, 6.45) is 1.17. The highest BCUT2D eigenvalue weighted by molar-refractivity contribution is 7.15. The van der Waals surface area contributed by atoms with Crippen LogP contribution in [0.25, 0.3) is 0 Å². The highest BCUT2D eigenvalue weighted by atomic mass is 35.5. The average molecular weight is 324 g/mol. The van der Waals surface area contributed by atoms with Crippen LogP contribution in [0.3, 0.4) is 0 Å². The molecule has 1 heterocycles. The van der Waals surface area contributed by atoms with Gasteiger partial charge in [0.25, 0.3) is 0 Å². The Labute approximate surface area is 133 Å². The van der Waals surface area contributed by atoms with Gasteiger partial charge in [0.15, 0.2) is 5.13 Å². The van der Waals surface area contributed by atoms with Crippen LogP contribution in [-0.4, -0.2) is 24.5 Å². The van der Waals surface area contributed by atoms with E-state index in [9.17, 15) is 4.79 Å². The number of aromatic nitrogens is 1. The van der Waals surface area contributed by atoms with E-state index >= 15 is 0 Å². The predicted molar refractivity (Wildman–Crippen MR) is 88.3 cm³/mol. The molecule has 1 aromatic carbocycles. The second kappa shape index (κ2) is 7.54. The Morgan fingerprint density at radius 1 is 1.38 bits per heavy atom. The molecule has 2 rings (SSSR count). The molecule has 0 aliphatic carbocycles. The molecule has 1 amide bonds. The summed E-state index contributed by atoms with van der Waals surface area (Å²) < 4.78 is 0. The van der Waals surface area contributed by atoms with Gasteiger partial charge in [-0.1, -0.05) is 29.8 Å². The molecule has 0 fully saturated rings. The summed E-state index contributed by atoms with van der Waals surface area (Å²) in [4.78, 5) is 17.2. The molecule has 0 aliphatic rings. The first kappa shape index (κ1) is 15.9. The van der Waals surface area contributed by atoms with Crippen molar-refractivity contribution in [2.75, 3.05) is 18.9 Å². The summed E-state index contributed by atoms with van der Waals surface area (Å²) >= 11 is 7.69. The van der Waals surface area contributed by atoms with Crippen LogP contribution in [0.5, 0.6) is 0 Å². The Bertz CT molecular complexity index is 627. The number of aryl methyl sites for hydroxylation is 1. The van der Waals surface area contributed by atoms with E-state index in [4.69, 9.17) is 11.6 Å². The standard InChI is InChI=1S/C15H18ClN3OS/c1-10-13(9-11-5-3-4-6-12(11)16)21-15(18-10)19-14(20)7-8-17-2/h3-6,17H,7-9H2,1-2H3,(H,18,19,20). The zero-order chi connectivity index (χ0) is 15.2. The highest BCUT2D eigenvalue weighted by Gasteiger charge is 2.11. The number of hydrogen-bond donors (Lipinski definition) is 2. The first-order valence-electron chi connectivity index (χ1n) is 6.74. The van der Waals surface area contributed by atoms with Gasteiger partial charge in [-0.2, -0.15) is 0 Å². The molecular weight excluding hydrogens is 306 g/mol. The molecule has 0 saturated heterocycles. The summed E-state index contributed by atoms with van der Waals surface area (Å²) in [6, 6.07) is 7.77. The lowest BCUT2D eigenvalue weighted by Crippen LogP contribution is -2.18. The average Bonchev–Trinajstić information content (AvgIpc) is 2.79. The molecule has 1 aromatic heterocycles. The quantitative estimate of drug-likeness (QED) is 0.858. The van der Waals surface area contributed by atoms with Crippen molar-refractivity contribution in [3.63, 3.8) is 0 Å². The molecule has 112 valence electrons. The van der Waals surface area contributed by atoms with Crippen molar-refractivity contribution in [1.29, 1.82) is 0 Å². The number of benzene rings is 1. The van der Waals surface area contributed by atoms with Gasteiger partial charge < -0.3 is 10.6 Å². The third kappa shape index (κ3) is 4.52. The normalized spacial score (nSPS) is 10.6. The summed E-state index contributed by atoms with van der Waals surface area (Å²) in [5, 5.41) is 7.18. The van der Waals surface area contributed by atoms with Gasteiger partial charge in [0.1, 0.15) is 0 Å². The highest BCUT2D eigenvalue weighted by Crippen LogP contribution is 2.27. The molecule has 0 saturated carbocycles. The number of amides is 1. The van der Waals surface area contributed by atoms with Crippen molar-refractivity contribution in [1.82, 2.24) is 10.3 Å². The minimum atomic E-state index is -0.0256. The van der Waals surface area contributed by atoms with E-state index in [0.717, 1.165) is 27.6 Å². The summed E-state index contributed by atoms with van der Waals surface area (Å²) in [5.74, 6) is -0.0256. The number of carbonyl (C=O) groups is 1. The summed E-state index contributed by atoms with van der Waals surface area (Å²) in [6.45, 7) is 2.61. The number of nitrogens with one attached hydrogen (secondary N) is 2. The SMILES string of the molecule is CNCCC(=O)Nc1nc(C)c(Cc2ccccc2Cl)s1. The van der Waals surface area contributed by atoms with Crippen molar-refractivity contribution in [3.05, 3.63) is 45.4 Å². The number of carbonyl (C=O) groups excluding carboxylic acids is 1. The number of thiazole rings is 1. The lowest BCUT2D eigenvalue weighted by atomic mass is 10.1. The largest absolute Gasteiger partial charge is 0.319 e. The number of hydrogen-bond acceptors (Lipinski definition) is 4. The molecule has 4 nitrogen and oxygen atoms in total. The lowest BCUT2D eigenvalue weighted by molar-refractivity contribution is -0.116. The fraction of sp³-hybridized carbons (Fsp3) is 0.333. The van der Waals surface area contributed by atoms with Gasteiger partial charge in [-0.3, -0.25) is 4.79 Å². The van der Waals surface area contributed by atoms with Crippen LogP contribution >= 0.6 is 22.9 Å². The maximum atomic E-state index is 11.7. The Morgan fingerprint density at radius 2 is 2.14 bits per heavy atom. The Balaban J connectivity index is 2.06. The summed E-state index contributed by atoms with van der Waals surface area (Å²) in [7, 11) is 1.82. The van der Waals surface area contributed by atoms with Gasteiger partial charge in [-0.05, 0) is 25.6 Å². The molecule has 21 heavy (non-hydrogen) atoms. The maximum absolute atomic E-state index is 11.7. The van der Waals surface area contributed by atoms with Crippen LogP contribution in [-0.2, 0) is 11.2 Å². The Morgan fingerprint density at radius 3 is 2.86 bits per heavy atom. The van der Waals surface area contributed by atoms with Crippen LogP contribution in [0.1, 0.15) is 22.6 Å². The van der Waals surface area contributed by atoms with Crippen molar-refractivity contribution in [3.8, 4) is 0 Å². The van der Waals surface area contributed by atoms with E-state index in [-0.39, 0.29) is 5.91 Å². The molecule has 2 aromatic rings. The molecule has 0 radical (unpaired) electrons. The molecule has 2 N–H and O–H groups in total. The van der Waals surface area contributed by atoms with Crippen LogP contribution in [0.15, 0.2) is 24.3 Å². The second-order valence-corrected chi connectivity index (χ2v) is 6.19. The Hall–Kier alpha value is -1.43. The fourth-order valence-corrected chi connectivity index (χ4v) is 3.08. The zero-order valence-corrected chi connectivity index (χ0v) is 13.6. The first-order chi connectivity index (χ1) is 10.1. The number of halogens is 1. The third-order valence-electron chi connectivity index (χ3n) is 3.05. The van der Waals surface area contributed by atoms with Gasteiger partial charge in [0, 0.05) is 29.3 Å². The fourth-order valence-electron chi connectivity index (χ4n) is 1.88. The van der Waals surface area contributed by atoms with Gasteiger partial charge in [0.05, 0.1) is 5.69 Å². The molecule has 0 spiro atoms. The van der Waals surface area contributed by atoms with Crippen LogP contribution in [0, 0.1) is 6.92 Å². The van der Waals surface area contributed by atoms with Gasteiger partial charge >= 0.3 is 0 Å². The van der Waals surface area contributed by atoms with Gasteiger partial charge in [0.2, 0.25) is 5.91 Å². The lowest BCUT2D eigenvalue weighted by Gasteiger charge is -2.02. The van der Waals surface area contributed by atoms with E-state index in [1.807, 2.05) is 38.2 Å². The van der Waals surface area contributed by atoms with Gasteiger partial charge in [-0.15, -0.1) is 11.3 Å². The number of nitrogens with zero attached hydrogens (tertiary/aromatic N) is 1. The molecule has 0 aliphatic heterocycles. The van der Waals surface area contributed by atoms with Crippen molar-refractivity contribution < 1.29 is 4.79 Å². The number of rotatable bonds is 6. The van der Waals surface area contributed by atoms with Crippen molar-refractivity contribution >= 4 is 34.0 Å². The van der Waals surface area contributed by atoms with E-state index in [1.54, 1.807) is 0 Å². The van der Waals surface area contributed by atoms with Crippen molar-refractivity contribution in [2.24, 2.45) is 0 Å². The third-order valence-corrected chi connectivity index (χ3v) is 4.49. The summed E-state index contributed by atoms with van der Waals surface area (Å²) in [5.41, 5.74) is 2.00. The molecule has 0 atom stereocenters. The minimum Gasteiger partial charge on any atom is -0.319 e. The maximum Gasteiger partial charge on any atom is 0.227 e. The molecule has 0 unspecified atom stereocenters. The number of anilines is 1. The van der Waals surface area contributed by atoms with Crippen molar-refractivity contribution in [2.45, 2.75) is 19.8 Å². The molecule has 0 bridgehead atoms. The van der Waals surface area contributed by atoms with Gasteiger partial charge in [-0.25, -0.2) is 4.98 Å². The second-order valence-electron chi connectivity index (χ2n) is 4.70. The molecule has 6 heteroatoms. The van der Waals surface area contributed by atoms with E-state index in [2.05, 4.69) is 15.6 Å².